The number of rotatable bonds is 3. The monoisotopic (exact) mass is 206 g/mol. The quantitative estimate of drug-likeness (QED) is 0.804. The Morgan fingerprint density at radius 2 is 2.00 bits per heavy atom. The lowest BCUT2D eigenvalue weighted by Gasteiger charge is -2.47. The molecule has 4 heteroatoms. The first-order valence-corrected chi connectivity index (χ1v) is 5.45. The van der Waals surface area contributed by atoms with Crippen molar-refractivity contribution in [2.24, 2.45) is 5.73 Å². The van der Waals surface area contributed by atoms with E-state index in [1.807, 2.05) is 19.3 Å². The molecule has 0 unspecified atom stereocenters. The summed E-state index contributed by atoms with van der Waals surface area (Å²) in [6.45, 7) is 5.91. The molecule has 15 heavy (non-hydrogen) atoms. The Morgan fingerprint density at radius 1 is 1.40 bits per heavy atom. The van der Waals surface area contributed by atoms with Crippen LogP contribution in [0, 0.1) is 6.92 Å². The molecule has 1 fully saturated rings. The van der Waals surface area contributed by atoms with Crippen molar-refractivity contribution in [3.05, 3.63) is 18.0 Å². The number of hydrogen-bond acceptors (Lipinski definition) is 4. The first kappa shape index (κ1) is 10.4. The molecule has 0 spiro atoms. The molecule has 0 radical (unpaired) electrons. The van der Waals surface area contributed by atoms with Crippen LogP contribution in [0.1, 0.15) is 25.3 Å². The summed E-state index contributed by atoms with van der Waals surface area (Å²) in [5.41, 5.74) is 7.25. The summed E-state index contributed by atoms with van der Waals surface area (Å²) in [6.07, 6.45) is 5.91. The van der Waals surface area contributed by atoms with Gasteiger partial charge in [-0.05, 0) is 18.9 Å². The number of nitrogens with zero attached hydrogens (tertiary/aromatic N) is 3. The van der Waals surface area contributed by atoms with E-state index in [1.165, 1.54) is 0 Å². The largest absolute Gasteiger partial charge is 0.337 e. The van der Waals surface area contributed by atoms with Gasteiger partial charge in [0.1, 0.15) is 0 Å². The molecule has 1 aromatic heterocycles. The highest BCUT2D eigenvalue weighted by molar-refractivity contribution is 5.37. The van der Waals surface area contributed by atoms with Crippen LogP contribution in [-0.2, 0) is 0 Å². The Balaban J connectivity index is 1.97. The second-order valence-corrected chi connectivity index (χ2v) is 4.53. The van der Waals surface area contributed by atoms with Crippen molar-refractivity contribution >= 4 is 5.95 Å². The Hall–Kier alpha value is -1.16. The summed E-state index contributed by atoms with van der Waals surface area (Å²) in [4.78, 5) is 10.7. The van der Waals surface area contributed by atoms with Gasteiger partial charge >= 0.3 is 0 Å². The molecule has 0 bridgehead atoms. The Morgan fingerprint density at radius 3 is 2.53 bits per heavy atom. The predicted octanol–water partition coefficient (Wildman–Crippen LogP) is 1.10. The van der Waals surface area contributed by atoms with E-state index in [9.17, 15) is 0 Å². The zero-order valence-electron chi connectivity index (χ0n) is 9.40. The summed E-state index contributed by atoms with van der Waals surface area (Å²) >= 11 is 0. The minimum atomic E-state index is -0.0109. The number of aromatic nitrogens is 2. The number of anilines is 1. The van der Waals surface area contributed by atoms with Gasteiger partial charge in [0.25, 0.3) is 0 Å². The third-order valence-electron chi connectivity index (χ3n) is 2.81. The van der Waals surface area contributed by atoms with Crippen LogP contribution in [-0.4, -0.2) is 28.6 Å². The molecule has 0 amide bonds. The van der Waals surface area contributed by atoms with Crippen LogP contribution in [0.5, 0.6) is 0 Å². The van der Waals surface area contributed by atoms with E-state index in [0.717, 1.165) is 37.4 Å². The van der Waals surface area contributed by atoms with Crippen molar-refractivity contribution in [1.82, 2.24) is 9.97 Å². The normalized spacial score (nSPS) is 18.7. The lowest BCUT2D eigenvalue weighted by atomic mass is 9.87. The Kier molecular flexibility index (Phi) is 2.61. The molecule has 0 atom stereocenters. The highest BCUT2D eigenvalue weighted by Crippen LogP contribution is 2.26. The fourth-order valence-electron chi connectivity index (χ4n) is 2.06. The van der Waals surface area contributed by atoms with E-state index >= 15 is 0 Å². The van der Waals surface area contributed by atoms with Gasteiger partial charge in [0.05, 0.1) is 5.54 Å². The van der Waals surface area contributed by atoms with Gasteiger partial charge in [-0.1, -0.05) is 13.3 Å². The van der Waals surface area contributed by atoms with Crippen LogP contribution in [0.4, 0.5) is 5.95 Å². The molecule has 1 saturated heterocycles. The fraction of sp³-hybridized carbons (Fsp3) is 0.636. The van der Waals surface area contributed by atoms with Crippen molar-refractivity contribution in [3.8, 4) is 0 Å². The predicted molar refractivity (Wildman–Crippen MR) is 60.8 cm³/mol. The summed E-state index contributed by atoms with van der Waals surface area (Å²) < 4.78 is 0. The summed E-state index contributed by atoms with van der Waals surface area (Å²) in [5.74, 6) is 0.803. The van der Waals surface area contributed by atoms with Gasteiger partial charge in [-0.15, -0.1) is 0 Å². The van der Waals surface area contributed by atoms with Crippen molar-refractivity contribution in [3.63, 3.8) is 0 Å². The average molecular weight is 206 g/mol. The first-order chi connectivity index (χ1) is 7.13. The van der Waals surface area contributed by atoms with Gasteiger partial charge in [-0.3, -0.25) is 0 Å². The minimum absolute atomic E-state index is 0.0109. The SMILES string of the molecule is CCCC1(N)CN(c2ncc(C)cn2)C1. The molecule has 82 valence electrons. The Bertz CT molecular complexity index is 327. The van der Waals surface area contributed by atoms with Crippen LogP contribution >= 0.6 is 0 Å². The molecule has 0 aliphatic carbocycles. The van der Waals surface area contributed by atoms with E-state index in [-0.39, 0.29) is 5.54 Å². The first-order valence-electron chi connectivity index (χ1n) is 5.45. The second kappa shape index (κ2) is 3.77. The highest BCUT2D eigenvalue weighted by Gasteiger charge is 2.39. The van der Waals surface area contributed by atoms with E-state index < -0.39 is 0 Å². The fourth-order valence-corrected chi connectivity index (χ4v) is 2.06. The van der Waals surface area contributed by atoms with Gasteiger partial charge in [-0.2, -0.15) is 0 Å². The van der Waals surface area contributed by atoms with Crippen molar-refractivity contribution in [1.29, 1.82) is 0 Å². The van der Waals surface area contributed by atoms with Gasteiger partial charge in [0.2, 0.25) is 5.95 Å². The maximum absolute atomic E-state index is 6.17. The lowest BCUT2D eigenvalue weighted by Crippen LogP contribution is -2.67. The van der Waals surface area contributed by atoms with Gasteiger partial charge < -0.3 is 10.6 Å². The summed E-state index contributed by atoms with van der Waals surface area (Å²) in [6, 6.07) is 0. The van der Waals surface area contributed by atoms with E-state index in [2.05, 4.69) is 21.8 Å². The van der Waals surface area contributed by atoms with Gasteiger partial charge in [0.15, 0.2) is 0 Å². The molecule has 1 aliphatic rings. The second-order valence-electron chi connectivity index (χ2n) is 4.53. The molecule has 2 N–H and O–H groups in total. The highest BCUT2D eigenvalue weighted by atomic mass is 15.3. The lowest BCUT2D eigenvalue weighted by molar-refractivity contribution is 0.304. The van der Waals surface area contributed by atoms with Crippen molar-refractivity contribution in [2.75, 3.05) is 18.0 Å². The summed E-state index contributed by atoms with van der Waals surface area (Å²) in [7, 11) is 0. The Labute approximate surface area is 90.5 Å². The number of hydrogen-bond donors (Lipinski definition) is 1. The van der Waals surface area contributed by atoms with E-state index in [1.54, 1.807) is 0 Å². The maximum atomic E-state index is 6.17. The van der Waals surface area contributed by atoms with Gasteiger partial charge in [0, 0.05) is 25.5 Å². The maximum Gasteiger partial charge on any atom is 0.225 e. The van der Waals surface area contributed by atoms with Crippen LogP contribution < -0.4 is 10.6 Å². The van der Waals surface area contributed by atoms with E-state index in [4.69, 9.17) is 5.73 Å². The number of nitrogens with two attached hydrogens (primary N) is 1. The molecular formula is C11H18N4. The van der Waals surface area contributed by atoms with Gasteiger partial charge in [-0.25, -0.2) is 9.97 Å². The standard InChI is InChI=1S/C11H18N4/c1-3-4-11(12)7-15(8-11)10-13-5-9(2)6-14-10/h5-6H,3-4,7-8,12H2,1-2H3. The molecule has 2 rings (SSSR count). The number of aryl methyl sites for hydroxylation is 1. The van der Waals surface area contributed by atoms with Crippen LogP contribution in [0.2, 0.25) is 0 Å². The zero-order chi connectivity index (χ0) is 10.9. The minimum Gasteiger partial charge on any atom is -0.337 e. The van der Waals surface area contributed by atoms with Crippen molar-refractivity contribution < 1.29 is 0 Å². The molecule has 2 heterocycles. The third kappa shape index (κ3) is 2.09. The van der Waals surface area contributed by atoms with E-state index in [0.29, 0.717) is 0 Å². The zero-order valence-corrected chi connectivity index (χ0v) is 9.40. The molecule has 4 nitrogen and oxygen atoms in total. The molecule has 1 aliphatic heterocycles. The third-order valence-corrected chi connectivity index (χ3v) is 2.81. The molecule has 1 aromatic rings. The van der Waals surface area contributed by atoms with Crippen LogP contribution in [0.25, 0.3) is 0 Å². The van der Waals surface area contributed by atoms with Crippen LogP contribution in [0.3, 0.4) is 0 Å². The smallest absolute Gasteiger partial charge is 0.225 e. The summed E-state index contributed by atoms with van der Waals surface area (Å²) in [5, 5.41) is 0. The molecule has 0 saturated carbocycles. The average Bonchev–Trinajstić information content (AvgIpc) is 2.16. The van der Waals surface area contributed by atoms with Crippen LogP contribution in [0.15, 0.2) is 12.4 Å². The molecule has 0 aromatic carbocycles. The molecular weight excluding hydrogens is 188 g/mol. The van der Waals surface area contributed by atoms with Crippen molar-refractivity contribution in [2.45, 2.75) is 32.2 Å². The topological polar surface area (TPSA) is 55.0 Å².